The van der Waals surface area contributed by atoms with E-state index in [2.05, 4.69) is 12.7 Å². The zero-order chi connectivity index (χ0) is 23.1. The lowest BCUT2D eigenvalue weighted by Gasteiger charge is -2.16. The summed E-state index contributed by atoms with van der Waals surface area (Å²) >= 11 is 0. The van der Waals surface area contributed by atoms with Gasteiger partial charge < -0.3 is 24.4 Å². The molecule has 1 saturated heterocycles. The molecule has 2 rings (SSSR count). The molecule has 1 aromatic rings. The van der Waals surface area contributed by atoms with Crippen LogP contribution in [0.3, 0.4) is 0 Å². The Hall–Kier alpha value is -2.96. The van der Waals surface area contributed by atoms with Crippen molar-refractivity contribution in [2.24, 2.45) is 0 Å². The van der Waals surface area contributed by atoms with Crippen LogP contribution in [-0.2, 0) is 20.9 Å². The maximum atomic E-state index is 11.5. The smallest absolute Gasteiger partial charge is 0.148 e. The molecule has 0 amide bonds. The lowest BCUT2D eigenvalue weighted by molar-refractivity contribution is -0.107. The largest absolute Gasteiger partial charge is 0.508 e. The maximum Gasteiger partial charge on any atom is 0.148 e. The van der Waals surface area contributed by atoms with Crippen LogP contribution in [0.1, 0.15) is 23.1 Å². The van der Waals surface area contributed by atoms with E-state index in [0.717, 1.165) is 46.1 Å². The Bertz CT molecular complexity index is 955. The number of phenolic OH excluding ortho intramolecular Hbond substituents is 1. The molecule has 1 aliphatic heterocycles. The van der Waals surface area contributed by atoms with E-state index in [1.54, 1.807) is 6.07 Å². The Labute approximate surface area is 184 Å². The van der Waals surface area contributed by atoms with Gasteiger partial charge in [0.2, 0.25) is 0 Å². The van der Waals surface area contributed by atoms with Crippen molar-refractivity contribution in [1.29, 1.82) is 0 Å². The van der Waals surface area contributed by atoms with E-state index in [4.69, 9.17) is 4.74 Å². The van der Waals surface area contributed by atoms with Gasteiger partial charge in [0.25, 0.3) is 0 Å². The summed E-state index contributed by atoms with van der Waals surface area (Å²) in [6.45, 7) is 7.69. The third kappa shape index (κ3) is 5.81. The molecule has 1 aromatic carbocycles. The number of phenols is 1. The Morgan fingerprint density at radius 1 is 1.29 bits per heavy atom. The van der Waals surface area contributed by atoms with Gasteiger partial charge in [0.05, 0.1) is 6.61 Å². The molecule has 0 spiro atoms. The highest BCUT2D eigenvalue weighted by molar-refractivity contribution is 5.78. The summed E-state index contributed by atoms with van der Waals surface area (Å²) in [5.41, 5.74) is 6.69. The Morgan fingerprint density at radius 2 is 2.00 bits per heavy atom. The lowest BCUT2D eigenvalue weighted by Crippen LogP contribution is -2.13. The number of aryl methyl sites for hydroxylation is 1. The summed E-state index contributed by atoms with van der Waals surface area (Å²) in [5, 5.41) is 10.4. The monoisotopic (exact) mass is 424 g/mol. The van der Waals surface area contributed by atoms with Gasteiger partial charge in [0.15, 0.2) is 0 Å². The Morgan fingerprint density at radius 3 is 2.58 bits per heavy atom. The van der Waals surface area contributed by atoms with Gasteiger partial charge in [-0.2, -0.15) is 0 Å². The molecule has 31 heavy (non-hydrogen) atoms. The van der Waals surface area contributed by atoms with Crippen molar-refractivity contribution in [2.75, 3.05) is 41.4 Å². The van der Waals surface area contributed by atoms with E-state index in [9.17, 15) is 14.7 Å². The molecule has 1 N–H and O–H groups in total. The second-order valence-corrected chi connectivity index (χ2v) is 8.04. The van der Waals surface area contributed by atoms with Crippen LogP contribution in [0, 0.1) is 6.92 Å². The fraction of sp³-hybridized carbons (Fsp3) is 0.360. The molecule has 6 nitrogen and oxygen atoms in total. The fourth-order valence-electron chi connectivity index (χ4n) is 3.68. The first kappa shape index (κ1) is 24.3. The number of nitrogens with zero attached hydrogens (tertiary/aromatic N) is 2. The van der Waals surface area contributed by atoms with Gasteiger partial charge in [-0.1, -0.05) is 12.6 Å². The van der Waals surface area contributed by atoms with E-state index in [1.807, 2.05) is 50.0 Å². The number of allylic oxidation sites excluding steroid dienone is 3. The number of hydrogen-bond donors (Lipinski definition) is 1. The number of carbonyl (C=O) groups is 2. The minimum Gasteiger partial charge on any atom is -0.508 e. The molecule has 1 heterocycles. The normalized spacial score (nSPS) is 17.6. The van der Waals surface area contributed by atoms with Gasteiger partial charge >= 0.3 is 0 Å². The molecule has 166 valence electrons. The summed E-state index contributed by atoms with van der Waals surface area (Å²) in [6.07, 6.45) is 5.56. The van der Waals surface area contributed by atoms with Crippen LogP contribution < -0.4 is 0 Å². The minimum absolute atomic E-state index is 0.125. The van der Waals surface area contributed by atoms with Gasteiger partial charge in [-0.25, -0.2) is 0 Å². The number of methoxy groups -OCH3 is 1. The number of likely N-dealkylation sites (N-methyl/N-ethyl adjacent to an activating group) is 1. The molecule has 0 bridgehead atoms. The highest BCUT2D eigenvalue weighted by Crippen LogP contribution is 2.35. The van der Waals surface area contributed by atoms with Crippen molar-refractivity contribution in [3.63, 3.8) is 0 Å². The minimum atomic E-state index is 0.125. The lowest BCUT2D eigenvalue weighted by atomic mass is 9.96. The highest BCUT2D eigenvalue weighted by atomic mass is 16.5. The maximum absolute atomic E-state index is 11.5. The molecule has 0 aromatic heterocycles. The third-order valence-corrected chi connectivity index (χ3v) is 5.33. The molecular weight excluding hydrogens is 392 g/mol. The first-order valence-corrected chi connectivity index (χ1v) is 10.1. The molecule has 0 saturated carbocycles. The van der Waals surface area contributed by atoms with Gasteiger partial charge in [0.1, 0.15) is 18.3 Å². The molecular formula is C25H32N2O4. The predicted molar refractivity (Wildman–Crippen MR) is 124 cm³/mol. The third-order valence-electron chi connectivity index (χ3n) is 5.33. The fourth-order valence-corrected chi connectivity index (χ4v) is 3.68. The number of hydrogen-bond acceptors (Lipinski definition) is 6. The number of likely N-dealkylation sites (tertiary alicyclic amines) is 1. The average molecular weight is 425 g/mol. The molecule has 0 unspecified atom stereocenters. The topological polar surface area (TPSA) is 70.1 Å². The van der Waals surface area contributed by atoms with Crippen LogP contribution in [-0.4, -0.2) is 68.9 Å². The highest BCUT2D eigenvalue weighted by Gasteiger charge is 2.24. The first-order chi connectivity index (χ1) is 14.7. The van der Waals surface area contributed by atoms with Gasteiger partial charge in [-0.05, 0) is 67.1 Å². The zero-order valence-corrected chi connectivity index (χ0v) is 19.1. The van der Waals surface area contributed by atoms with Crippen LogP contribution in [0.25, 0.3) is 6.08 Å². The number of rotatable bonds is 9. The van der Waals surface area contributed by atoms with Gasteiger partial charge in [-0.15, -0.1) is 0 Å². The van der Waals surface area contributed by atoms with Crippen LogP contribution >= 0.6 is 0 Å². The summed E-state index contributed by atoms with van der Waals surface area (Å²) in [4.78, 5) is 26.7. The zero-order valence-electron chi connectivity index (χ0n) is 19.1. The van der Waals surface area contributed by atoms with Gasteiger partial charge in [-0.3, -0.25) is 4.79 Å². The van der Waals surface area contributed by atoms with E-state index in [-0.39, 0.29) is 18.8 Å². The van der Waals surface area contributed by atoms with Crippen molar-refractivity contribution in [3.8, 4) is 5.75 Å². The van der Waals surface area contributed by atoms with Crippen molar-refractivity contribution in [3.05, 3.63) is 69.5 Å². The molecule has 0 atom stereocenters. The summed E-state index contributed by atoms with van der Waals surface area (Å²) in [5.74, 6) is 0.269. The SMILES string of the molecule is C=C1/C(=C/C(CC=O)=C(\C=O)COC)N(C)C/C1=C/c1c(C)ccc(O)c1CN(C)C. The molecule has 1 aliphatic rings. The Balaban J connectivity index is 2.53. The van der Waals surface area contributed by atoms with Crippen molar-refractivity contribution in [1.82, 2.24) is 9.80 Å². The summed E-state index contributed by atoms with van der Waals surface area (Å²) in [7, 11) is 7.39. The van der Waals surface area contributed by atoms with Crippen LogP contribution in [0.4, 0.5) is 0 Å². The van der Waals surface area contributed by atoms with E-state index in [0.29, 0.717) is 24.2 Å². The van der Waals surface area contributed by atoms with Gasteiger partial charge in [0, 0.05) is 50.5 Å². The number of carbonyl (C=O) groups excluding carboxylic acids is 2. The second kappa shape index (κ2) is 10.9. The van der Waals surface area contributed by atoms with Crippen LogP contribution in [0.2, 0.25) is 0 Å². The summed E-state index contributed by atoms with van der Waals surface area (Å²) in [6, 6.07) is 3.63. The number of ether oxygens (including phenoxy) is 1. The number of benzene rings is 1. The number of aldehydes is 2. The van der Waals surface area contributed by atoms with Crippen molar-refractivity contribution in [2.45, 2.75) is 19.9 Å². The van der Waals surface area contributed by atoms with Crippen LogP contribution in [0.5, 0.6) is 5.75 Å². The van der Waals surface area contributed by atoms with Crippen LogP contribution in [0.15, 0.2) is 52.8 Å². The van der Waals surface area contributed by atoms with Crippen molar-refractivity contribution >= 4 is 18.6 Å². The molecule has 0 aliphatic carbocycles. The number of aromatic hydroxyl groups is 1. The van der Waals surface area contributed by atoms with Crippen molar-refractivity contribution < 1.29 is 19.4 Å². The first-order valence-electron chi connectivity index (χ1n) is 10.1. The van der Waals surface area contributed by atoms with E-state index >= 15 is 0 Å². The standard InChI is InChI=1S/C25H32N2O4/c1-17-7-8-25(30)23(14-26(3)4)22(17)11-20-13-27(5)24(18(20)2)12-19(9-10-28)21(15-29)16-31-6/h7-8,10-12,15,30H,2,9,13-14,16H2,1,3-6H3/b20-11-,21-19+,24-12-. The Kier molecular flexibility index (Phi) is 8.54. The van der Waals surface area contributed by atoms with E-state index < -0.39 is 0 Å². The van der Waals surface area contributed by atoms with E-state index in [1.165, 1.54) is 7.11 Å². The average Bonchev–Trinajstić information content (AvgIpc) is 2.98. The molecule has 0 radical (unpaired) electrons. The quantitative estimate of drug-likeness (QED) is 0.485. The molecule has 1 fully saturated rings. The summed E-state index contributed by atoms with van der Waals surface area (Å²) < 4.78 is 5.10. The predicted octanol–water partition coefficient (Wildman–Crippen LogP) is 3.26. The second-order valence-electron chi connectivity index (χ2n) is 8.04. The molecule has 6 heteroatoms.